The fraction of sp³-hybridized carbons (Fsp3) is 0.333. The number of rotatable bonds is 2. The molecule has 1 aliphatic rings. The van der Waals surface area contributed by atoms with Crippen LogP contribution in [-0.4, -0.2) is 0 Å². The summed E-state index contributed by atoms with van der Waals surface area (Å²) in [4.78, 5) is 0. The van der Waals surface area contributed by atoms with Crippen LogP contribution in [0.5, 0.6) is 0 Å². The van der Waals surface area contributed by atoms with E-state index in [1.54, 1.807) is 5.56 Å². The molecular formula is C12H15F2Hf. The van der Waals surface area contributed by atoms with Gasteiger partial charge in [-0.2, -0.15) is 0 Å². The molecule has 2 rings (SSSR count). The van der Waals surface area contributed by atoms with E-state index in [0.29, 0.717) is 3.17 Å². The fourth-order valence-corrected chi connectivity index (χ4v) is 4.00. The van der Waals surface area contributed by atoms with Crippen LogP contribution in [0.2, 0.25) is 0 Å². The van der Waals surface area contributed by atoms with Crippen LogP contribution in [0, 0.1) is 0 Å². The van der Waals surface area contributed by atoms with Crippen molar-refractivity contribution in [2.75, 3.05) is 0 Å². The molecule has 0 heterocycles. The second-order valence-electron chi connectivity index (χ2n) is 3.64. The maximum atomic E-state index is 2.41. The standard InChI is InChI=1S/C12H13.2FH.Hf/c1-2-5-10-8-9-11-6-3-4-7-12(10)11;;;/h3-4,6-9H,2,5H2,1H3;2*1H;. The molecule has 15 heavy (non-hydrogen) atoms. The van der Waals surface area contributed by atoms with Crippen LogP contribution in [0.15, 0.2) is 30.3 Å². The zero-order chi connectivity index (χ0) is 9.31. The predicted octanol–water partition coefficient (Wildman–Crippen LogP) is 3.56. The number of fused-ring (bicyclic) bond motifs is 1. The smallest absolute Gasteiger partial charge is 0.269 e. The largest absolute Gasteiger partial charge is 0.269 e. The van der Waals surface area contributed by atoms with Crippen LogP contribution in [0.4, 0.5) is 9.41 Å². The first-order valence-corrected chi connectivity index (χ1v) is 6.60. The second kappa shape index (κ2) is 5.69. The Balaban J connectivity index is 0.000000980. The molecule has 0 saturated heterocycles. The normalized spacial score (nSPS) is 21.3. The molecule has 0 aromatic heterocycles. The van der Waals surface area contributed by atoms with Crippen LogP contribution in [0.1, 0.15) is 30.9 Å². The van der Waals surface area contributed by atoms with E-state index >= 15 is 0 Å². The van der Waals surface area contributed by atoms with E-state index < -0.39 is 0 Å². The Hall–Kier alpha value is -0.310. The first-order chi connectivity index (χ1) is 6.26. The Labute approximate surface area is 104 Å². The van der Waals surface area contributed by atoms with Gasteiger partial charge in [0.25, 0.3) is 0 Å². The second-order valence-corrected chi connectivity index (χ2v) is 6.85. The third kappa shape index (κ3) is 2.63. The Bertz CT molecular complexity index is 349. The first kappa shape index (κ1) is 14.7. The predicted molar refractivity (Wildman–Crippen MR) is 57.1 cm³/mol. The molecule has 0 aliphatic heterocycles. The Kier molecular flexibility index (Phi) is 5.57. The van der Waals surface area contributed by atoms with Gasteiger partial charge >= 0.3 is 94.9 Å². The first-order valence-electron chi connectivity index (χ1n) is 4.80. The molecule has 0 bridgehead atoms. The molecule has 1 unspecified atom stereocenters. The molecule has 0 radical (unpaired) electrons. The number of halogens is 2. The van der Waals surface area contributed by atoms with E-state index in [1.807, 2.05) is 0 Å². The van der Waals surface area contributed by atoms with Gasteiger partial charge in [0.05, 0.1) is 0 Å². The number of hydrogen-bond acceptors (Lipinski definition) is 0. The molecule has 1 aliphatic carbocycles. The third-order valence-corrected chi connectivity index (χ3v) is 5.10. The van der Waals surface area contributed by atoms with Crippen molar-refractivity contribution in [3.8, 4) is 0 Å². The summed E-state index contributed by atoms with van der Waals surface area (Å²) in [6.45, 7) is 2.27. The molecule has 81 valence electrons. The van der Waals surface area contributed by atoms with Gasteiger partial charge in [-0.3, -0.25) is 9.41 Å². The minimum Gasteiger partial charge on any atom is -0.269 e. The summed E-state index contributed by atoms with van der Waals surface area (Å²) in [7, 11) is 0. The van der Waals surface area contributed by atoms with E-state index in [4.69, 9.17) is 0 Å². The van der Waals surface area contributed by atoms with Crippen molar-refractivity contribution in [2.24, 2.45) is 0 Å². The van der Waals surface area contributed by atoms with Gasteiger partial charge in [-0.05, 0) is 0 Å². The van der Waals surface area contributed by atoms with Gasteiger partial charge in [0.2, 0.25) is 0 Å². The zero-order valence-corrected chi connectivity index (χ0v) is 12.3. The maximum absolute atomic E-state index is 2.41. The van der Waals surface area contributed by atoms with E-state index in [0.717, 1.165) is 0 Å². The van der Waals surface area contributed by atoms with E-state index in [1.165, 1.54) is 42.8 Å². The van der Waals surface area contributed by atoms with Crippen molar-refractivity contribution in [3.05, 3.63) is 41.5 Å². The van der Waals surface area contributed by atoms with Gasteiger partial charge in [-0.1, -0.05) is 0 Å². The number of hydrogen-bond donors (Lipinski definition) is 0. The van der Waals surface area contributed by atoms with Crippen LogP contribution in [0.25, 0.3) is 6.08 Å². The molecular weight excluding hydrogens is 361 g/mol. The third-order valence-electron chi connectivity index (χ3n) is 2.63. The Morgan fingerprint density at radius 1 is 1.20 bits per heavy atom. The van der Waals surface area contributed by atoms with Gasteiger partial charge in [0.1, 0.15) is 0 Å². The molecule has 0 amide bonds. The van der Waals surface area contributed by atoms with E-state index in [-0.39, 0.29) is 9.41 Å². The van der Waals surface area contributed by atoms with Gasteiger partial charge in [0.15, 0.2) is 0 Å². The summed E-state index contributed by atoms with van der Waals surface area (Å²) in [6.07, 6.45) is 7.29. The molecule has 3 heteroatoms. The Morgan fingerprint density at radius 2 is 1.87 bits per heavy atom. The van der Waals surface area contributed by atoms with Crippen LogP contribution in [0.3, 0.4) is 0 Å². The summed E-state index contributed by atoms with van der Waals surface area (Å²) < 4.78 is 0.436. The monoisotopic (exact) mass is 377 g/mol. The maximum Gasteiger partial charge on any atom is -0.269 e. The summed E-state index contributed by atoms with van der Waals surface area (Å²) in [5.74, 6) is 0. The number of allylic oxidation sites excluding steroid dienone is 1. The molecule has 0 spiro atoms. The fourth-order valence-electron chi connectivity index (χ4n) is 1.98. The number of benzene rings is 1. The molecule has 1 aromatic carbocycles. The average molecular weight is 376 g/mol. The van der Waals surface area contributed by atoms with Crippen molar-refractivity contribution < 1.29 is 33.8 Å². The molecule has 0 N–H and O–H groups in total. The summed E-state index contributed by atoms with van der Waals surface area (Å²) >= 11 is 1.23. The van der Waals surface area contributed by atoms with Crippen molar-refractivity contribution in [3.63, 3.8) is 0 Å². The molecule has 1 atom stereocenters. The van der Waals surface area contributed by atoms with Gasteiger partial charge in [0, 0.05) is 0 Å². The van der Waals surface area contributed by atoms with Crippen LogP contribution < -0.4 is 0 Å². The molecule has 0 fully saturated rings. The van der Waals surface area contributed by atoms with E-state index in [2.05, 4.69) is 43.3 Å². The minimum absolute atomic E-state index is 0. The summed E-state index contributed by atoms with van der Waals surface area (Å²) in [5.41, 5.74) is 2.99. The van der Waals surface area contributed by atoms with Gasteiger partial charge < -0.3 is 0 Å². The summed E-state index contributed by atoms with van der Waals surface area (Å²) in [6, 6.07) is 8.80. The zero-order valence-electron chi connectivity index (χ0n) is 8.69. The van der Waals surface area contributed by atoms with Crippen LogP contribution >= 0.6 is 0 Å². The molecule has 0 nitrogen and oxygen atoms in total. The van der Waals surface area contributed by atoms with Gasteiger partial charge in [-0.25, -0.2) is 0 Å². The van der Waals surface area contributed by atoms with Crippen LogP contribution in [-0.2, 0) is 27.5 Å². The van der Waals surface area contributed by atoms with Crippen molar-refractivity contribution in [2.45, 2.75) is 22.9 Å². The van der Waals surface area contributed by atoms with Crippen molar-refractivity contribution >= 4 is 6.08 Å². The SMILES string of the molecule is CCC[C]1([Hf])C=Cc2ccccc21.F.F. The van der Waals surface area contributed by atoms with E-state index in [9.17, 15) is 0 Å². The van der Waals surface area contributed by atoms with Crippen molar-refractivity contribution in [1.82, 2.24) is 0 Å². The quantitative estimate of drug-likeness (QED) is 0.693. The van der Waals surface area contributed by atoms with Gasteiger partial charge in [-0.15, -0.1) is 0 Å². The minimum atomic E-state index is 0. The molecule has 0 saturated carbocycles. The van der Waals surface area contributed by atoms with Crippen molar-refractivity contribution in [1.29, 1.82) is 0 Å². The average Bonchev–Trinajstić information content (AvgIpc) is 2.46. The molecule has 1 aromatic rings. The Morgan fingerprint density at radius 3 is 2.53 bits per heavy atom. The topological polar surface area (TPSA) is 0 Å². The summed E-state index contributed by atoms with van der Waals surface area (Å²) in [5, 5.41) is 0.